The molecule has 0 unspecified atom stereocenters. The van der Waals surface area contributed by atoms with Crippen LogP contribution in [0.4, 0.5) is 0 Å². The molecule has 1 aromatic heterocycles. The molecule has 2 rings (SSSR count). The normalized spacial score (nSPS) is 11.8. The largest absolute Gasteiger partial charge is 0.297 e. The number of halogens is 2. The average molecular weight is 335 g/mol. The third-order valence-electron chi connectivity index (χ3n) is 2.60. The first-order valence-electron chi connectivity index (χ1n) is 5.76. The molecular formula is C11H12Cl2N4O2S. The first kappa shape index (κ1) is 15.2. The third kappa shape index (κ3) is 2.80. The average Bonchev–Trinajstić information content (AvgIpc) is 2.73. The summed E-state index contributed by atoms with van der Waals surface area (Å²) in [6.07, 6.45) is 0.676. The molecule has 0 bridgehead atoms. The Morgan fingerprint density at radius 2 is 1.85 bits per heavy atom. The van der Waals surface area contributed by atoms with E-state index in [4.69, 9.17) is 28.3 Å². The van der Waals surface area contributed by atoms with E-state index < -0.39 is 10.0 Å². The Morgan fingerprint density at radius 3 is 2.35 bits per heavy atom. The molecule has 0 atom stereocenters. The molecule has 0 aliphatic heterocycles. The van der Waals surface area contributed by atoms with E-state index in [1.807, 2.05) is 6.92 Å². The molecule has 0 fully saturated rings. The smallest absolute Gasteiger partial charge is 0.273 e. The van der Waals surface area contributed by atoms with Gasteiger partial charge in [-0.25, -0.2) is 13.6 Å². The summed E-state index contributed by atoms with van der Waals surface area (Å²) in [5.74, 6) is 0.284. The molecule has 20 heavy (non-hydrogen) atoms. The molecule has 0 saturated heterocycles. The van der Waals surface area contributed by atoms with Gasteiger partial charge in [-0.1, -0.05) is 36.2 Å². The van der Waals surface area contributed by atoms with Gasteiger partial charge in [0.05, 0.1) is 15.6 Å². The van der Waals surface area contributed by atoms with Crippen LogP contribution in [0.15, 0.2) is 23.4 Å². The van der Waals surface area contributed by atoms with E-state index in [0.717, 1.165) is 0 Å². The van der Waals surface area contributed by atoms with Gasteiger partial charge in [0, 0.05) is 6.54 Å². The first-order valence-corrected chi connectivity index (χ1v) is 8.07. The van der Waals surface area contributed by atoms with Crippen LogP contribution in [-0.4, -0.2) is 23.2 Å². The molecule has 0 amide bonds. The van der Waals surface area contributed by atoms with Crippen LogP contribution in [0.1, 0.15) is 13.3 Å². The van der Waals surface area contributed by atoms with Crippen LogP contribution in [0.3, 0.4) is 0 Å². The fraction of sp³-hybridized carbons (Fsp3) is 0.273. The van der Waals surface area contributed by atoms with Crippen molar-refractivity contribution in [1.29, 1.82) is 0 Å². The van der Waals surface area contributed by atoms with E-state index in [9.17, 15) is 8.42 Å². The van der Waals surface area contributed by atoms with Gasteiger partial charge in [-0.3, -0.25) is 4.57 Å². The van der Waals surface area contributed by atoms with Crippen LogP contribution in [0.5, 0.6) is 0 Å². The number of benzene rings is 1. The Balaban J connectivity index is 2.73. The van der Waals surface area contributed by atoms with E-state index in [2.05, 4.69) is 10.2 Å². The van der Waals surface area contributed by atoms with Crippen molar-refractivity contribution in [3.63, 3.8) is 0 Å². The quantitative estimate of drug-likeness (QED) is 0.928. The second-order valence-corrected chi connectivity index (χ2v) is 6.37. The van der Waals surface area contributed by atoms with Gasteiger partial charge in [0.25, 0.3) is 15.2 Å². The molecule has 9 heteroatoms. The minimum atomic E-state index is -3.97. The topological polar surface area (TPSA) is 90.9 Å². The van der Waals surface area contributed by atoms with E-state index >= 15 is 0 Å². The number of sulfonamides is 1. The standard InChI is InChI=1S/C11H12Cl2N4O2S/c1-2-6-17-10(15-16-11(17)20(14,18)19)9-7(12)4-3-5-8(9)13/h3-5H,2,6H2,1H3,(H2,14,18,19). The maximum atomic E-state index is 11.5. The molecule has 0 radical (unpaired) electrons. The summed E-state index contributed by atoms with van der Waals surface area (Å²) < 4.78 is 24.5. The highest BCUT2D eigenvalue weighted by atomic mass is 35.5. The number of hydrogen-bond acceptors (Lipinski definition) is 4. The summed E-state index contributed by atoms with van der Waals surface area (Å²) in [4.78, 5) is 0. The van der Waals surface area contributed by atoms with Gasteiger partial charge in [-0.05, 0) is 18.6 Å². The molecule has 1 heterocycles. The number of nitrogens with zero attached hydrogens (tertiary/aromatic N) is 3. The van der Waals surface area contributed by atoms with Gasteiger partial charge in [-0.2, -0.15) is 0 Å². The summed E-state index contributed by atoms with van der Waals surface area (Å²) in [6.45, 7) is 2.28. The monoisotopic (exact) mass is 334 g/mol. The zero-order valence-corrected chi connectivity index (χ0v) is 12.9. The van der Waals surface area contributed by atoms with E-state index in [1.165, 1.54) is 4.57 Å². The summed E-state index contributed by atoms with van der Waals surface area (Å²) in [7, 11) is -3.97. The molecule has 2 aromatic rings. The van der Waals surface area contributed by atoms with E-state index in [0.29, 0.717) is 28.6 Å². The lowest BCUT2D eigenvalue weighted by atomic mass is 10.2. The van der Waals surface area contributed by atoms with Crippen molar-refractivity contribution in [2.24, 2.45) is 5.14 Å². The summed E-state index contributed by atoms with van der Waals surface area (Å²) in [5.41, 5.74) is 0.437. The van der Waals surface area contributed by atoms with Crippen LogP contribution in [-0.2, 0) is 16.6 Å². The Bertz CT molecular complexity index is 723. The van der Waals surface area contributed by atoms with Gasteiger partial charge in [-0.15, -0.1) is 10.2 Å². The lowest BCUT2D eigenvalue weighted by molar-refractivity contribution is 0.559. The van der Waals surface area contributed by atoms with E-state index in [1.54, 1.807) is 18.2 Å². The lowest BCUT2D eigenvalue weighted by Crippen LogP contribution is -2.19. The second-order valence-electron chi connectivity index (χ2n) is 4.10. The molecule has 0 aliphatic rings. The van der Waals surface area contributed by atoms with E-state index in [-0.39, 0.29) is 11.0 Å². The fourth-order valence-corrected chi connectivity index (χ4v) is 3.03. The van der Waals surface area contributed by atoms with Crippen LogP contribution in [0.2, 0.25) is 10.0 Å². The van der Waals surface area contributed by atoms with Gasteiger partial charge >= 0.3 is 0 Å². The van der Waals surface area contributed by atoms with Crippen molar-refractivity contribution >= 4 is 33.2 Å². The van der Waals surface area contributed by atoms with Crippen molar-refractivity contribution in [2.75, 3.05) is 0 Å². The Labute approximate surface area is 126 Å². The second kappa shape index (κ2) is 5.69. The Morgan fingerprint density at radius 1 is 1.25 bits per heavy atom. The fourth-order valence-electron chi connectivity index (χ4n) is 1.82. The molecular weight excluding hydrogens is 323 g/mol. The molecule has 1 aromatic carbocycles. The van der Waals surface area contributed by atoms with Crippen molar-refractivity contribution in [3.05, 3.63) is 28.2 Å². The lowest BCUT2D eigenvalue weighted by Gasteiger charge is -2.10. The number of rotatable bonds is 4. The summed E-state index contributed by atoms with van der Waals surface area (Å²) >= 11 is 12.2. The summed E-state index contributed by atoms with van der Waals surface area (Å²) in [5, 5.41) is 13.1. The molecule has 0 saturated carbocycles. The number of aromatic nitrogens is 3. The zero-order valence-electron chi connectivity index (χ0n) is 10.5. The van der Waals surface area contributed by atoms with Crippen molar-refractivity contribution in [1.82, 2.24) is 14.8 Å². The number of hydrogen-bond donors (Lipinski definition) is 1. The van der Waals surface area contributed by atoms with Crippen molar-refractivity contribution < 1.29 is 8.42 Å². The predicted molar refractivity (Wildman–Crippen MR) is 77.1 cm³/mol. The zero-order chi connectivity index (χ0) is 14.9. The van der Waals surface area contributed by atoms with Crippen LogP contribution >= 0.6 is 23.2 Å². The molecule has 6 nitrogen and oxygen atoms in total. The predicted octanol–water partition coefficient (Wildman–Crippen LogP) is 2.31. The van der Waals surface area contributed by atoms with Crippen LogP contribution in [0, 0.1) is 0 Å². The van der Waals surface area contributed by atoms with Gasteiger partial charge in [0.15, 0.2) is 5.82 Å². The van der Waals surface area contributed by atoms with Gasteiger partial charge in [0.2, 0.25) is 0 Å². The highest BCUT2D eigenvalue weighted by molar-refractivity contribution is 7.89. The molecule has 0 aliphatic carbocycles. The maximum absolute atomic E-state index is 11.5. The van der Waals surface area contributed by atoms with Gasteiger partial charge in [0.1, 0.15) is 0 Å². The highest BCUT2D eigenvalue weighted by Crippen LogP contribution is 2.34. The molecule has 2 N–H and O–H groups in total. The molecule has 108 valence electrons. The Hall–Kier alpha value is -1.15. The minimum Gasteiger partial charge on any atom is -0.297 e. The third-order valence-corrected chi connectivity index (χ3v) is 4.05. The van der Waals surface area contributed by atoms with Crippen molar-refractivity contribution in [2.45, 2.75) is 25.0 Å². The van der Waals surface area contributed by atoms with Crippen LogP contribution in [0.25, 0.3) is 11.4 Å². The highest BCUT2D eigenvalue weighted by Gasteiger charge is 2.23. The van der Waals surface area contributed by atoms with Crippen molar-refractivity contribution in [3.8, 4) is 11.4 Å². The molecule has 0 spiro atoms. The number of primary sulfonamides is 1. The Kier molecular flexibility index (Phi) is 4.33. The SMILES string of the molecule is CCCn1c(-c2c(Cl)cccc2Cl)nnc1S(N)(=O)=O. The van der Waals surface area contributed by atoms with Gasteiger partial charge < -0.3 is 0 Å². The van der Waals surface area contributed by atoms with Crippen LogP contribution < -0.4 is 5.14 Å². The first-order chi connectivity index (χ1) is 9.36. The summed E-state index contributed by atoms with van der Waals surface area (Å²) in [6, 6.07) is 4.98. The minimum absolute atomic E-state index is 0.284. The maximum Gasteiger partial charge on any atom is 0.273 e. The number of nitrogens with two attached hydrogens (primary N) is 1.